The lowest BCUT2D eigenvalue weighted by atomic mass is 9.99. The maximum Gasteiger partial charge on any atom is 0.335 e. The van der Waals surface area contributed by atoms with Gasteiger partial charge in [-0.1, -0.05) is 43.0 Å². The molecule has 2 fully saturated rings. The van der Waals surface area contributed by atoms with Crippen molar-refractivity contribution in [2.24, 2.45) is 0 Å². The lowest BCUT2D eigenvalue weighted by molar-refractivity contribution is 0.0696. The van der Waals surface area contributed by atoms with Crippen molar-refractivity contribution in [1.82, 2.24) is 20.1 Å². The molecule has 0 spiro atoms. The Hall–Kier alpha value is -3.10. The van der Waals surface area contributed by atoms with Crippen LogP contribution in [0.5, 0.6) is 0 Å². The molecule has 0 saturated carbocycles. The van der Waals surface area contributed by atoms with E-state index in [4.69, 9.17) is 10.1 Å². The number of carboxylic acids is 1. The zero-order valence-corrected chi connectivity index (χ0v) is 22.6. The van der Waals surface area contributed by atoms with Crippen LogP contribution in [-0.4, -0.2) is 63.6 Å². The Kier molecular flexibility index (Phi) is 9.05. The second-order valence-corrected chi connectivity index (χ2v) is 10.8. The molecule has 1 aromatic heterocycles. The number of rotatable bonds is 9. The highest BCUT2D eigenvalue weighted by atomic mass is 32.2. The Morgan fingerprint density at radius 3 is 2.57 bits per heavy atom. The standard InChI is InChI=1S/C29H36N4O3S/c1-4-5-6-7-20(2)26-18-30-29(36)33(26)24-14-16-32(17-15-24)19-23-10-13-27(31-21(23)3)37-25-11-8-22(9-12-25)28(34)35/h5-13,24,26H,4,14-19H2,1-3H3,(H,30,36)(H,34,35)/b6-5-,20-7+. The van der Waals surface area contributed by atoms with E-state index in [1.807, 2.05) is 25.1 Å². The second kappa shape index (κ2) is 12.4. The van der Waals surface area contributed by atoms with Crippen LogP contribution in [0.3, 0.4) is 0 Å². The molecule has 0 aliphatic carbocycles. The van der Waals surface area contributed by atoms with Crippen LogP contribution >= 0.6 is 11.8 Å². The van der Waals surface area contributed by atoms with Crippen LogP contribution in [0.4, 0.5) is 4.79 Å². The van der Waals surface area contributed by atoms with Gasteiger partial charge in [-0.2, -0.15) is 0 Å². The molecule has 2 aromatic rings. The number of nitrogens with one attached hydrogen (secondary N) is 1. The van der Waals surface area contributed by atoms with Crippen LogP contribution in [0, 0.1) is 6.92 Å². The number of allylic oxidation sites excluding steroid dienone is 3. The molecule has 1 atom stereocenters. The molecule has 2 saturated heterocycles. The first-order valence-electron chi connectivity index (χ1n) is 12.9. The summed E-state index contributed by atoms with van der Waals surface area (Å²) in [5.41, 5.74) is 3.73. The molecule has 2 aliphatic heterocycles. The smallest absolute Gasteiger partial charge is 0.335 e. The predicted molar refractivity (Wildman–Crippen MR) is 147 cm³/mol. The van der Waals surface area contributed by atoms with E-state index in [0.717, 1.165) is 54.5 Å². The van der Waals surface area contributed by atoms with Crippen molar-refractivity contribution in [3.05, 3.63) is 77.0 Å². The highest BCUT2D eigenvalue weighted by Crippen LogP contribution is 2.29. The number of hydrogen-bond donors (Lipinski definition) is 2. The van der Waals surface area contributed by atoms with Crippen LogP contribution in [0.15, 0.2) is 70.1 Å². The van der Waals surface area contributed by atoms with Gasteiger partial charge in [-0.3, -0.25) is 4.90 Å². The monoisotopic (exact) mass is 520 g/mol. The predicted octanol–water partition coefficient (Wildman–Crippen LogP) is 5.51. The second-order valence-electron chi connectivity index (χ2n) is 9.69. The molecular formula is C29H36N4O3S. The minimum atomic E-state index is -0.922. The molecule has 8 heteroatoms. The van der Waals surface area contributed by atoms with Crippen molar-refractivity contribution in [3.63, 3.8) is 0 Å². The van der Waals surface area contributed by atoms with Crippen molar-refractivity contribution >= 4 is 23.8 Å². The zero-order chi connectivity index (χ0) is 26.4. The summed E-state index contributed by atoms with van der Waals surface area (Å²) in [4.78, 5) is 34.0. The SMILES string of the molecule is CC/C=C\C=C(/C)C1CNC(=O)N1C1CCN(Cc2ccc(Sc3ccc(C(=O)O)cc3)nc2C)CC1. The van der Waals surface area contributed by atoms with E-state index in [1.165, 1.54) is 22.9 Å². The topological polar surface area (TPSA) is 85.8 Å². The highest BCUT2D eigenvalue weighted by molar-refractivity contribution is 7.99. The molecule has 196 valence electrons. The minimum absolute atomic E-state index is 0.0569. The molecule has 1 unspecified atom stereocenters. The maximum absolute atomic E-state index is 12.7. The number of aryl methyl sites for hydroxylation is 1. The first-order valence-corrected chi connectivity index (χ1v) is 13.8. The highest BCUT2D eigenvalue weighted by Gasteiger charge is 2.38. The molecule has 3 heterocycles. The first kappa shape index (κ1) is 26.9. The van der Waals surface area contributed by atoms with Gasteiger partial charge in [-0.25, -0.2) is 14.6 Å². The lowest BCUT2D eigenvalue weighted by Crippen LogP contribution is -2.49. The fourth-order valence-electron chi connectivity index (χ4n) is 4.96. The fourth-order valence-corrected chi connectivity index (χ4v) is 5.79. The van der Waals surface area contributed by atoms with E-state index in [9.17, 15) is 9.59 Å². The van der Waals surface area contributed by atoms with Gasteiger partial charge in [0.2, 0.25) is 0 Å². The van der Waals surface area contributed by atoms with E-state index in [2.05, 4.69) is 53.3 Å². The molecule has 0 bridgehead atoms. The van der Waals surface area contributed by atoms with Crippen LogP contribution < -0.4 is 5.32 Å². The third-order valence-corrected chi connectivity index (χ3v) is 8.06. The number of hydrogen-bond acceptors (Lipinski definition) is 5. The number of urea groups is 1. The normalized spacial score (nSPS) is 19.5. The molecule has 7 nitrogen and oxygen atoms in total. The van der Waals surface area contributed by atoms with Crippen LogP contribution in [0.25, 0.3) is 0 Å². The van der Waals surface area contributed by atoms with Gasteiger partial charge < -0.3 is 15.3 Å². The van der Waals surface area contributed by atoms with Gasteiger partial charge in [0, 0.05) is 42.8 Å². The Balaban J connectivity index is 1.32. The number of aromatic nitrogens is 1. The van der Waals surface area contributed by atoms with Crippen LogP contribution in [-0.2, 0) is 6.54 Å². The van der Waals surface area contributed by atoms with Gasteiger partial charge >= 0.3 is 12.0 Å². The average Bonchev–Trinajstić information content (AvgIpc) is 3.28. The Morgan fingerprint density at radius 2 is 1.92 bits per heavy atom. The van der Waals surface area contributed by atoms with Crippen molar-refractivity contribution in [2.75, 3.05) is 19.6 Å². The number of piperidine rings is 1. The molecular weight excluding hydrogens is 484 g/mol. The van der Waals surface area contributed by atoms with Gasteiger partial charge in [0.25, 0.3) is 0 Å². The van der Waals surface area contributed by atoms with Crippen LogP contribution in [0.1, 0.15) is 54.7 Å². The third-order valence-electron chi connectivity index (χ3n) is 7.11. The zero-order valence-electron chi connectivity index (χ0n) is 21.8. The van der Waals surface area contributed by atoms with Crippen molar-refractivity contribution in [2.45, 2.75) is 68.6 Å². The number of pyridine rings is 1. The number of benzene rings is 1. The first-order chi connectivity index (χ1) is 17.9. The largest absolute Gasteiger partial charge is 0.478 e. The quantitative estimate of drug-likeness (QED) is 0.424. The summed E-state index contributed by atoms with van der Waals surface area (Å²) in [6.07, 6.45) is 9.31. The van der Waals surface area contributed by atoms with Crippen LogP contribution in [0.2, 0.25) is 0 Å². The van der Waals surface area contributed by atoms with Gasteiger partial charge in [0.1, 0.15) is 5.03 Å². The number of aromatic carboxylic acids is 1. The average molecular weight is 521 g/mol. The molecule has 4 rings (SSSR count). The summed E-state index contributed by atoms with van der Waals surface area (Å²) in [6, 6.07) is 11.5. The van der Waals surface area contributed by atoms with Crippen molar-refractivity contribution in [1.29, 1.82) is 0 Å². The summed E-state index contributed by atoms with van der Waals surface area (Å²) in [7, 11) is 0. The molecule has 2 N–H and O–H groups in total. The lowest BCUT2D eigenvalue weighted by Gasteiger charge is -2.39. The van der Waals surface area contributed by atoms with Crippen molar-refractivity contribution < 1.29 is 14.7 Å². The van der Waals surface area contributed by atoms with E-state index in [1.54, 1.807) is 12.1 Å². The molecule has 37 heavy (non-hydrogen) atoms. The number of carbonyl (C=O) groups is 2. The number of carboxylic acid groups (broad SMARTS) is 1. The maximum atomic E-state index is 12.7. The molecule has 2 amide bonds. The number of nitrogens with zero attached hydrogens (tertiary/aromatic N) is 3. The Bertz CT molecular complexity index is 1170. The number of carbonyl (C=O) groups excluding carboxylic acids is 1. The summed E-state index contributed by atoms with van der Waals surface area (Å²) < 4.78 is 0. The van der Waals surface area contributed by atoms with Gasteiger partial charge in [0.15, 0.2) is 0 Å². The number of amides is 2. The van der Waals surface area contributed by atoms with E-state index in [0.29, 0.717) is 6.54 Å². The third kappa shape index (κ3) is 6.81. The number of likely N-dealkylation sites (tertiary alicyclic amines) is 1. The molecule has 1 aromatic carbocycles. The van der Waals surface area contributed by atoms with Crippen molar-refractivity contribution in [3.8, 4) is 0 Å². The van der Waals surface area contributed by atoms with E-state index in [-0.39, 0.29) is 23.7 Å². The minimum Gasteiger partial charge on any atom is -0.478 e. The Labute approximate surface area is 223 Å². The van der Waals surface area contributed by atoms with Gasteiger partial charge in [-0.05, 0) is 74.6 Å². The summed E-state index contributed by atoms with van der Waals surface area (Å²) >= 11 is 1.53. The fraction of sp³-hybridized carbons (Fsp3) is 0.414. The molecule has 0 radical (unpaired) electrons. The van der Waals surface area contributed by atoms with Gasteiger partial charge in [0.05, 0.1) is 11.6 Å². The Morgan fingerprint density at radius 1 is 1.19 bits per heavy atom. The van der Waals surface area contributed by atoms with E-state index >= 15 is 0 Å². The van der Waals surface area contributed by atoms with E-state index < -0.39 is 5.97 Å². The summed E-state index contributed by atoms with van der Waals surface area (Å²) in [6.45, 7) is 9.71. The van der Waals surface area contributed by atoms with Gasteiger partial charge in [-0.15, -0.1) is 0 Å². The summed E-state index contributed by atoms with van der Waals surface area (Å²) in [5.74, 6) is -0.922. The summed E-state index contributed by atoms with van der Waals surface area (Å²) in [5, 5.41) is 13.0. The molecule has 2 aliphatic rings.